The van der Waals surface area contributed by atoms with Crippen LogP contribution in [0.5, 0.6) is 0 Å². The van der Waals surface area contributed by atoms with E-state index >= 15 is 0 Å². The predicted octanol–water partition coefficient (Wildman–Crippen LogP) is 27.6. The van der Waals surface area contributed by atoms with Gasteiger partial charge in [0, 0.05) is 44.8 Å². The minimum Gasteiger partial charge on any atom is -0.311 e. The number of benzene rings is 18. The molecule has 0 aliphatic heterocycles. The van der Waals surface area contributed by atoms with Gasteiger partial charge < -0.3 is 9.47 Å². The summed E-state index contributed by atoms with van der Waals surface area (Å²) in [4.78, 5) is 7.45. The fourth-order valence-corrected chi connectivity index (χ4v) is 15.7. The number of nitrogens with zero attached hydrogens (tertiary/aromatic N) is 4. The van der Waals surface area contributed by atoms with Crippen LogP contribution in [-0.4, -0.2) is 14.1 Å². The minimum absolute atomic E-state index is 0.933. The van der Waals surface area contributed by atoms with Crippen molar-refractivity contribution in [3.63, 3.8) is 0 Å². The van der Waals surface area contributed by atoms with Crippen LogP contribution in [0.15, 0.2) is 413 Å². The van der Waals surface area contributed by atoms with Crippen molar-refractivity contribution in [3.05, 3.63) is 413 Å². The van der Waals surface area contributed by atoms with Crippen molar-refractivity contribution in [3.8, 4) is 89.5 Å². The highest BCUT2D eigenvalue weighted by Gasteiger charge is 2.21. The zero-order valence-electron chi connectivity index (χ0n) is 57.5. The van der Waals surface area contributed by atoms with Gasteiger partial charge in [-0.1, -0.05) is 309 Å². The van der Waals surface area contributed by atoms with Gasteiger partial charge in [0.1, 0.15) is 5.82 Å². The molecule has 0 unspecified atom stereocenters. The summed E-state index contributed by atoms with van der Waals surface area (Å²) in [5.74, 6) is 0.933. The van der Waals surface area contributed by atoms with Crippen molar-refractivity contribution in [1.29, 1.82) is 0 Å². The van der Waals surface area contributed by atoms with Crippen molar-refractivity contribution >= 4 is 93.0 Å². The molecule has 18 aromatic carbocycles. The molecule has 0 radical (unpaired) electrons. The first-order chi connectivity index (χ1) is 52.1. The van der Waals surface area contributed by atoms with Gasteiger partial charge in [-0.2, -0.15) is 0 Å². The van der Waals surface area contributed by atoms with Gasteiger partial charge >= 0.3 is 0 Å². The lowest BCUT2D eigenvalue weighted by atomic mass is 9.84. The summed E-state index contributed by atoms with van der Waals surface area (Å²) in [5, 5.41) is 12.5. The van der Waals surface area contributed by atoms with Crippen LogP contribution in [-0.2, 0) is 0 Å². The molecule has 0 bridgehead atoms. The van der Waals surface area contributed by atoms with Gasteiger partial charge in [-0.15, -0.1) is 0 Å². The molecular formula is C101H68N4. The zero-order valence-corrected chi connectivity index (χ0v) is 57.5. The Kier molecular flexibility index (Phi) is 15.9. The van der Waals surface area contributed by atoms with E-state index in [4.69, 9.17) is 4.98 Å². The Balaban J connectivity index is 0.000000145. The van der Waals surface area contributed by atoms with Crippen LogP contribution in [0, 0.1) is 0 Å². The molecule has 0 atom stereocenters. The summed E-state index contributed by atoms with van der Waals surface area (Å²) in [6.07, 6.45) is 0. The van der Waals surface area contributed by atoms with Gasteiger partial charge in [0.15, 0.2) is 0 Å². The average Bonchev–Trinajstić information content (AvgIpc) is 1.62. The van der Waals surface area contributed by atoms with Gasteiger partial charge in [0.2, 0.25) is 0 Å². The molecule has 0 aliphatic rings. The first-order valence-electron chi connectivity index (χ1n) is 36.0. The number of aromatic nitrogens is 3. The lowest BCUT2D eigenvalue weighted by Crippen LogP contribution is -2.09. The minimum atomic E-state index is 0.933. The van der Waals surface area contributed by atoms with Crippen molar-refractivity contribution in [2.75, 3.05) is 4.90 Å². The highest BCUT2D eigenvalue weighted by atomic mass is 15.1. The van der Waals surface area contributed by atoms with E-state index in [1.165, 1.54) is 126 Å². The van der Waals surface area contributed by atoms with Crippen LogP contribution in [0.4, 0.5) is 17.1 Å². The summed E-state index contributed by atoms with van der Waals surface area (Å²) in [6, 6.07) is 149. The molecule has 0 amide bonds. The average molecular weight is 1340 g/mol. The number of para-hydroxylation sites is 5. The molecule has 4 heteroatoms. The lowest BCUT2D eigenvalue weighted by molar-refractivity contribution is 1.10. The molecule has 0 saturated carbocycles. The fourth-order valence-electron chi connectivity index (χ4n) is 15.7. The largest absolute Gasteiger partial charge is 0.311 e. The molecule has 20 aromatic rings. The maximum atomic E-state index is 5.12. The number of anilines is 3. The molecule has 20 rings (SSSR count). The van der Waals surface area contributed by atoms with E-state index in [1.54, 1.807) is 0 Å². The van der Waals surface area contributed by atoms with Gasteiger partial charge in [0.05, 0.1) is 22.1 Å². The van der Waals surface area contributed by atoms with Gasteiger partial charge in [-0.05, 0) is 213 Å². The van der Waals surface area contributed by atoms with E-state index in [2.05, 4.69) is 427 Å². The highest BCUT2D eigenvalue weighted by molar-refractivity contribution is 6.23. The summed E-state index contributed by atoms with van der Waals surface area (Å²) in [5.41, 5.74) is 25.7. The van der Waals surface area contributed by atoms with Crippen LogP contribution in [0.3, 0.4) is 0 Å². The van der Waals surface area contributed by atoms with Crippen molar-refractivity contribution < 1.29 is 0 Å². The first kappa shape index (κ1) is 62.1. The van der Waals surface area contributed by atoms with Crippen LogP contribution < -0.4 is 4.90 Å². The Morgan fingerprint density at radius 2 is 0.524 bits per heavy atom. The van der Waals surface area contributed by atoms with E-state index in [0.29, 0.717) is 0 Å². The molecule has 0 aliphatic carbocycles. The Labute approximate surface area is 610 Å². The van der Waals surface area contributed by atoms with Crippen molar-refractivity contribution in [2.45, 2.75) is 0 Å². The third kappa shape index (κ3) is 11.6. The van der Waals surface area contributed by atoms with Crippen LogP contribution >= 0.6 is 0 Å². The smallest absolute Gasteiger partial charge is 0.145 e. The molecule has 0 fully saturated rings. The third-order valence-corrected chi connectivity index (χ3v) is 20.8. The Bertz CT molecular complexity index is 6440. The van der Waals surface area contributed by atoms with Crippen LogP contribution in [0.1, 0.15) is 0 Å². The van der Waals surface area contributed by atoms with E-state index in [1.807, 2.05) is 0 Å². The predicted molar refractivity (Wildman–Crippen MR) is 445 cm³/mol. The van der Waals surface area contributed by atoms with Crippen LogP contribution in [0.25, 0.3) is 165 Å². The number of imidazole rings is 1. The molecule has 4 nitrogen and oxygen atoms in total. The second kappa shape index (κ2) is 26.9. The topological polar surface area (TPSA) is 26.0 Å². The fraction of sp³-hybridized carbons (Fsp3) is 0. The Morgan fingerprint density at radius 3 is 1.03 bits per heavy atom. The lowest BCUT2D eigenvalue weighted by Gasteiger charge is -2.26. The molecule has 2 heterocycles. The summed E-state index contributed by atoms with van der Waals surface area (Å²) in [7, 11) is 0. The highest BCUT2D eigenvalue weighted by Crippen LogP contribution is 2.47. The molecule has 2 aromatic heterocycles. The normalized spacial score (nSPS) is 11.4. The number of fused-ring (bicyclic) bond motifs is 8. The van der Waals surface area contributed by atoms with Crippen molar-refractivity contribution in [2.24, 2.45) is 0 Å². The molecule has 492 valence electrons. The second-order valence-electron chi connectivity index (χ2n) is 27.0. The molecular weight excluding hydrogens is 1270 g/mol. The maximum absolute atomic E-state index is 5.12. The van der Waals surface area contributed by atoms with E-state index in [0.717, 1.165) is 56.4 Å². The van der Waals surface area contributed by atoms with E-state index < -0.39 is 0 Å². The molecule has 0 spiro atoms. The Morgan fingerprint density at radius 1 is 0.190 bits per heavy atom. The number of rotatable bonds is 12. The van der Waals surface area contributed by atoms with E-state index in [9.17, 15) is 0 Å². The van der Waals surface area contributed by atoms with Gasteiger partial charge in [-0.3, -0.25) is 4.57 Å². The monoisotopic (exact) mass is 1340 g/mol. The van der Waals surface area contributed by atoms with Crippen LogP contribution in [0.2, 0.25) is 0 Å². The van der Waals surface area contributed by atoms with Gasteiger partial charge in [0.25, 0.3) is 0 Å². The maximum Gasteiger partial charge on any atom is 0.145 e. The SMILES string of the molecule is c1ccc(-c2ccc(N(c3ccc(-c4ccccc4)cc3)c3ccc(-c4ccc(-n5c6ccccc6c6ccccc65)cc4)cc3)cc2)cc1.c1ccc(-n2c(-c3ccc(-c4ccc5c(-c6ccc7ccccc7c6)c6ccccc6c(-c6ccc7ccccc7c6)c5c4)cc3)nc3ccccc32)cc1. The molecule has 105 heavy (non-hydrogen) atoms. The second-order valence-corrected chi connectivity index (χ2v) is 27.0. The van der Waals surface area contributed by atoms with Gasteiger partial charge in [-0.25, -0.2) is 4.98 Å². The molecule has 0 saturated heterocycles. The number of hydrogen-bond acceptors (Lipinski definition) is 2. The summed E-state index contributed by atoms with van der Waals surface area (Å²) < 4.78 is 4.62. The first-order valence-corrected chi connectivity index (χ1v) is 36.0. The summed E-state index contributed by atoms with van der Waals surface area (Å²) >= 11 is 0. The van der Waals surface area contributed by atoms with Crippen molar-refractivity contribution in [1.82, 2.24) is 14.1 Å². The van der Waals surface area contributed by atoms with E-state index in [-0.39, 0.29) is 0 Å². The zero-order chi connectivity index (χ0) is 69.6. The quantitative estimate of drug-likeness (QED) is 0.114. The standard InChI is InChI=1S/C53H34N2.C48H34N2/c1-2-16-44(17-3-1)55-50-21-11-10-20-49(50)54-53(55)38-26-22-37(23-27-38)41-30-31-47-48(34-41)52(43-29-25-36-13-5-7-15-40(36)33-43)46-19-9-8-18-45(46)51(47)42-28-24-35-12-4-6-14-39(35)32-42;1-3-11-35(12-4-1)37-19-27-41(28-20-37)49(42-29-21-38(22-30-42)36-13-5-2-6-14-36)43-31-23-39(24-32-43)40-25-33-44(34-26-40)50-47-17-9-7-15-45(47)46-16-8-10-18-48(46)50/h1-34H;1-34H. The number of hydrogen-bond donors (Lipinski definition) is 0. The molecule has 0 N–H and O–H groups in total. The Hall–Kier alpha value is -13.9. The summed E-state index contributed by atoms with van der Waals surface area (Å²) in [6.45, 7) is 0. The third-order valence-electron chi connectivity index (χ3n) is 20.8.